The second-order valence-electron chi connectivity index (χ2n) is 3.68. The number of hydrogen-bond acceptors (Lipinski definition) is 4. The lowest BCUT2D eigenvalue weighted by atomic mass is 10.3. The van der Waals surface area contributed by atoms with Crippen molar-refractivity contribution in [1.82, 2.24) is 15.3 Å². The van der Waals surface area contributed by atoms with Crippen molar-refractivity contribution in [3.05, 3.63) is 52.9 Å². The van der Waals surface area contributed by atoms with Crippen molar-refractivity contribution in [3.63, 3.8) is 0 Å². The van der Waals surface area contributed by atoms with Crippen molar-refractivity contribution in [2.75, 3.05) is 5.75 Å². The number of nitrogens with zero attached hydrogens (tertiary/aromatic N) is 2. The van der Waals surface area contributed by atoms with Gasteiger partial charge in [-0.05, 0) is 40.2 Å². The van der Waals surface area contributed by atoms with Crippen LogP contribution in [-0.4, -0.2) is 21.6 Å². The fourth-order valence-electron chi connectivity index (χ4n) is 1.35. The number of pyridine rings is 2. The first-order valence-corrected chi connectivity index (χ1v) is 7.43. The van der Waals surface area contributed by atoms with Gasteiger partial charge in [0.1, 0.15) is 5.03 Å². The molecule has 0 fully saturated rings. The average molecular weight is 338 g/mol. The maximum absolute atomic E-state index is 11.7. The molecular weight excluding hydrogens is 326 g/mol. The predicted molar refractivity (Wildman–Crippen MR) is 78.7 cm³/mol. The van der Waals surface area contributed by atoms with E-state index >= 15 is 0 Å². The Labute approximate surface area is 124 Å². The SMILES string of the molecule is O=C(CSc1ncccc1Br)NCc1ccccn1. The van der Waals surface area contributed by atoms with E-state index in [0.717, 1.165) is 15.2 Å². The number of carbonyl (C=O) groups excluding carboxylic acids is 1. The van der Waals surface area contributed by atoms with Crippen LogP contribution in [0.15, 0.2) is 52.2 Å². The highest BCUT2D eigenvalue weighted by Gasteiger charge is 2.06. The van der Waals surface area contributed by atoms with Crippen molar-refractivity contribution >= 4 is 33.6 Å². The van der Waals surface area contributed by atoms with E-state index in [1.165, 1.54) is 11.8 Å². The number of nitrogens with one attached hydrogen (secondary N) is 1. The molecule has 98 valence electrons. The van der Waals surface area contributed by atoms with Gasteiger partial charge in [-0.25, -0.2) is 4.98 Å². The first kappa shape index (κ1) is 14.0. The normalized spacial score (nSPS) is 10.2. The van der Waals surface area contributed by atoms with Crippen molar-refractivity contribution in [1.29, 1.82) is 0 Å². The maximum atomic E-state index is 11.7. The molecule has 6 heteroatoms. The van der Waals surface area contributed by atoms with Crippen LogP contribution in [0.4, 0.5) is 0 Å². The molecule has 0 aliphatic heterocycles. The molecule has 1 amide bonds. The van der Waals surface area contributed by atoms with Crippen LogP contribution in [0.1, 0.15) is 5.69 Å². The summed E-state index contributed by atoms with van der Waals surface area (Å²) in [7, 11) is 0. The van der Waals surface area contributed by atoms with Crippen molar-refractivity contribution in [3.8, 4) is 0 Å². The highest BCUT2D eigenvalue weighted by atomic mass is 79.9. The minimum absolute atomic E-state index is 0.0341. The van der Waals surface area contributed by atoms with Gasteiger partial charge < -0.3 is 5.32 Å². The Balaban J connectivity index is 1.78. The predicted octanol–water partition coefficient (Wildman–Crippen LogP) is 2.65. The third-order valence-corrected chi connectivity index (χ3v) is 4.17. The van der Waals surface area contributed by atoms with Crippen LogP contribution >= 0.6 is 27.7 Å². The molecule has 2 heterocycles. The Morgan fingerprint density at radius 1 is 1.21 bits per heavy atom. The monoisotopic (exact) mass is 337 g/mol. The number of thioether (sulfide) groups is 1. The molecule has 2 rings (SSSR count). The molecule has 0 spiro atoms. The fraction of sp³-hybridized carbons (Fsp3) is 0.154. The summed E-state index contributed by atoms with van der Waals surface area (Å²) < 4.78 is 0.900. The van der Waals surface area contributed by atoms with E-state index in [-0.39, 0.29) is 5.91 Å². The van der Waals surface area contributed by atoms with Gasteiger partial charge in [-0.1, -0.05) is 17.8 Å². The van der Waals surface area contributed by atoms with Crippen LogP contribution in [0.25, 0.3) is 0 Å². The standard InChI is InChI=1S/C13H12BrN3OS/c14-11-5-3-7-16-13(11)19-9-12(18)17-8-10-4-1-2-6-15-10/h1-7H,8-9H2,(H,17,18). The zero-order valence-corrected chi connectivity index (χ0v) is 12.4. The highest BCUT2D eigenvalue weighted by molar-refractivity contribution is 9.10. The average Bonchev–Trinajstić information content (AvgIpc) is 2.45. The maximum Gasteiger partial charge on any atom is 0.230 e. The number of halogens is 1. The molecule has 0 saturated carbocycles. The summed E-state index contributed by atoms with van der Waals surface area (Å²) in [5.41, 5.74) is 0.847. The van der Waals surface area contributed by atoms with E-state index < -0.39 is 0 Å². The minimum atomic E-state index is -0.0341. The van der Waals surface area contributed by atoms with E-state index in [1.807, 2.05) is 30.3 Å². The van der Waals surface area contributed by atoms with Gasteiger partial charge in [0, 0.05) is 16.9 Å². The number of carbonyl (C=O) groups is 1. The van der Waals surface area contributed by atoms with Crippen molar-refractivity contribution in [2.24, 2.45) is 0 Å². The van der Waals surface area contributed by atoms with Crippen LogP contribution in [0.5, 0.6) is 0 Å². The smallest absolute Gasteiger partial charge is 0.230 e. The molecule has 1 N–H and O–H groups in total. The van der Waals surface area contributed by atoms with Gasteiger partial charge in [-0.15, -0.1) is 0 Å². The van der Waals surface area contributed by atoms with Crippen LogP contribution in [0, 0.1) is 0 Å². The van der Waals surface area contributed by atoms with Gasteiger partial charge in [-0.3, -0.25) is 9.78 Å². The molecule has 0 radical (unpaired) electrons. The van der Waals surface area contributed by atoms with Gasteiger partial charge in [0.15, 0.2) is 0 Å². The quantitative estimate of drug-likeness (QED) is 0.852. The molecule has 19 heavy (non-hydrogen) atoms. The molecule has 0 saturated heterocycles. The fourth-order valence-corrected chi connectivity index (χ4v) is 2.66. The zero-order chi connectivity index (χ0) is 13.5. The van der Waals surface area contributed by atoms with E-state index in [9.17, 15) is 4.79 Å². The molecule has 0 bridgehead atoms. The Bertz CT molecular complexity index is 551. The molecule has 2 aromatic heterocycles. The summed E-state index contributed by atoms with van der Waals surface area (Å²) in [4.78, 5) is 20.0. The largest absolute Gasteiger partial charge is 0.350 e. The molecular formula is C13H12BrN3OS. The van der Waals surface area contributed by atoms with Gasteiger partial charge >= 0.3 is 0 Å². The van der Waals surface area contributed by atoms with Gasteiger partial charge in [0.05, 0.1) is 18.0 Å². The van der Waals surface area contributed by atoms with Crippen LogP contribution in [-0.2, 0) is 11.3 Å². The summed E-state index contributed by atoms with van der Waals surface area (Å²) in [5, 5.41) is 3.64. The Kier molecular flexibility index (Phi) is 5.35. The molecule has 2 aromatic rings. The lowest BCUT2D eigenvalue weighted by Crippen LogP contribution is -2.25. The summed E-state index contributed by atoms with van der Waals surface area (Å²) in [6, 6.07) is 9.37. The number of hydrogen-bond donors (Lipinski definition) is 1. The van der Waals surface area contributed by atoms with E-state index in [2.05, 4.69) is 31.2 Å². The lowest BCUT2D eigenvalue weighted by Gasteiger charge is -2.05. The molecule has 0 aliphatic carbocycles. The minimum Gasteiger partial charge on any atom is -0.350 e. The summed E-state index contributed by atoms with van der Waals surface area (Å²) in [5.74, 6) is 0.302. The summed E-state index contributed by atoms with van der Waals surface area (Å²) in [6.45, 7) is 0.448. The second-order valence-corrected chi connectivity index (χ2v) is 5.50. The molecule has 0 unspecified atom stereocenters. The Morgan fingerprint density at radius 3 is 2.79 bits per heavy atom. The Morgan fingerprint density at radius 2 is 2.05 bits per heavy atom. The summed E-state index contributed by atoms with van der Waals surface area (Å²) >= 11 is 4.80. The van der Waals surface area contributed by atoms with Crippen LogP contribution < -0.4 is 5.32 Å². The van der Waals surface area contributed by atoms with Gasteiger partial charge in [-0.2, -0.15) is 0 Å². The zero-order valence-electron chi connectivity index (χ0n) is 10.0. The van der Waals surface area contributed by atoms with Crippen molar-refractivity contribution < 1.29 is 4.79 Å². The van der Waals surface area contributed by atoms with Crippen molar-refractivity contribution in [2.45, 2.75) is 11.6 Å². The lowest BCUT2D eigenvalue weighted by molar-refractivity contribution is -0.118. The number of rotatable bonds is 5. The van der Waals surface area contributed by atoms with E-state index in [1.54, 1.807) is 12.4 Å². The van der Waals surface area contributed by atoms with Crippen LogP contribution in [0.2, 0.25) is 0 Å². The number of amides is 1. The van der Waals surface area contributed by atoms with Gasteiger partial charge in [0.2, 0.25) is 5.91 Å². The number of aromatic nitrogens is 2. The molecule has 0 aliphatic rings. The third-order valence-electron chi connectivity index (χ3n) is 2.26. The summed E-state index contributed by atoms with van der Waals surface area (Å²) in [6.07, 6.45) is 3.42. The first-order chi connectivity index (χ1) is 9.25. The molecule has 0 atom stereocenters. The molecule has 0 aromatic carbocycles. The van der Waals surface area contributed by atoms with E-state index in [0.29, 0.717) is 12.3 Å². The van der Waals surface area contributed by atoms with E-state index in [4.69, 9.17) is 0 Å². The topological polar surface area (TPSA) is 54.9 Å². The second kappa shape index (κ2) is 7.25. The third kappa shape index (κ3) is 4.65. The highest BCUT2D eigenvalue weighted by Crippen LogP contribution is 2.24. The van der Waals surface area contributed by atoms with Gasteiger partial charge in [0.25, 0.3) is 0 Å². The Hall–Kier alpha value is -1.40. The first-order valence-electron chi connectivity index (χ1n) is 5.65. The molecule has 4 nitrogen and oxygen atoms in total. The van der Waals surface area contributed by atoms with Crippen LogP contribution in [0.3, 0.4) is 0 Å².